The van der Waals surface area contributed by atoms with Gasteiger partial charge in [0.25, 0.3) is 0 Å². The lowest BCUT2D eigenvalue weighted by Crippen LogP contribution is -2.51. The molecule has 0 spiro atoms. The van der Waals surface area contributed by atoms with E-state index in [1.54, 1.807) is 6.07 Å². The van der Waals surface area contributed by atoms with Crippen LogP contribution in [0.4, 0.5) is 5.82 Å². The van der Waals surface area contributed by atoms with Gasteiger partial charge in [-0.3, -0.25) is 4.90 Å². The number of halogens is 2. The molecule has 3 aromatic rings. The summed E-state index contributed by atoms with van der Waals surface area (Å²) in [6, 6.07) is 6.88. The molecule has 33 heavy (non-hydrogen) atoms. The second-order valence-electron chi connectivity index (χ2n) is 9.78. The maximum atomic E-state index is 6.51. The molecule has 2 aromatic heterocycles. The number of rotatable bonds is 4. The van der Waals surface area contributed by atoms with Crippen LogP contribution in [-0.2, 0) is 0 Å². The molecule has 0 aliphatic carbocycles. The van der Waals surface area contributed by atoms with Gasteiger partial charge in [0.15, 0.2) is 5.65 Å². The summed E-state index contributed by atoms with van der Waals surface area (Å²) in [4.78, 5) is 15.0. The minimum absolute atomic E-state index is 0.0863. The van der Waals surface area contributed by atoms with Crippen molar-refractivity contribution in [1.29, 1.82) is 0 Å². The number of hydrogen-bond acceptors (Lipinski definition) is 5. The van der Waals surface area contributed by atoms with Gasteiger partial charge in [0, 0.05) is 35.2 Å². The monoisotopic (exact) mass is 486 g/mol. The van der Waals surface area contributed by atoms with Gasteiger partial charge in [-0.15, -0.1) is 0 Å². The van der Waals surface area contributed by atoms with E-state index in [9.17, 15) is 0 Å². The summed E-state index contributed by atoms with van der Waals surface area (Å²) in [7, 11) is 0. The van der Waals surface area contributed by atoms with Crippen molar-refractivity contribution in [2.45, 2.75) is 65.1 Å². The summed E-state index contributed by atoms with van der Waals surface area (Å²) in [6.07, 6.45) is 5.73. The van der Waals surface area contributed by atoms with E-state index in [0.29, 0.717) is 28.0 Å². The second-order valence-corrected chi connectivity index (χ2v) is 10.6. The molecule has 2 aliphatic heterocycles. The first-order valence-corrected chi connectivity index (χ1v) is 12.8. The Balaban J connectivity index is 1.43. The van der Waals surface area contributed by atoms with Crippen LogP contribution in [0.15, 0.2) is 24.4 Å². The van der Waals surface area contributed by atoms with Gasteiger partial charge in [-0.25, -0.2) is 14.6 Å². The SMILES string of the molecule is Cc1nn([C@H](C)c2ccc(Cl)cc2Cl)c2nc(N3CC[C@H](N4CCCC4C)[C@H](C)C3)cnc12. The van der Waals surface area contributed by atoms with Crippen LogP contribution < -0.4 is 4.90 Å². The zero-order valence-electron chi connectivity index (χ0n) is 19.8. The molecule has 1 unspecified atom stereocenters. The van der Waals surface area contributed by atoms with Crippen LogP contribution in [0.25, 0.3) is 11.2 Å². The molecule has 4 heterocycles. The summed E-state index contributed by atoms with van der Waals surface area (Å²) in [5.41, 5.74) is 3.47. The molecule has 6 nitrogen and oxygen atoms in total. The number of piperidine rings is 1. The number of hydrogen-bond donors (Lipinski definition) is 0. The largest absolute Gasteiger partial charge is 0.355 e. The summed E-state index contributed by atoms with van der Waals surface area (Å²) < 4.78 is 1.94. The third kappa shape index (κ3) is 4.22. The molecule has 0 N–H and O–H groups in total. The van der Waals surface area contributed by atoms with E-state index in [-0.39, 0.29) is 6.04 Å². The molecule has 0 saturated carbocycles. The standard InChI is InChI=1S/C25H32Cl2N6/c1-15-14-31(11-9-22(15)32-10-5-6-16(32)2)23-13-28-24-17(3)30-33(25(24)29-23)18(4)20-8-7-19(26)12-21(20)27/h7-8,12-13,15-16,18,22H,5-6,9-11,14H2,1-4H3/t15-,16?,18-,22+/m1/s1. The zero-order valence-corrected chi connectivity index (χ0v) is 21.3. The Hall–Kier alpha value is -1.89. The Labute approximate surface area is 205 Å². The van der Waals surface area contributed by atoms with E-state index in [1.165, 1.54) is 25.8 Å². The number of aromatic nitrogens is 4. The first kappa shape index (κ1) is 22.9. The molecular weight excluding hydrogens is 455 g/mol. The molecule has 176 valence electrons. The van der Waals surface area contributed by atoms with Gasteiger partial charge < -0.3 is 4.90 Å². The van der Waals surface area contributed by atoms with Crippen molar-refractivity contribution in [3.8, 4) is 0 Å². The normalized spacial score (nSPS) is 25.2. The number of aryl methyl sites for hydroxylation is 1. The van der Waals surface area contributed by atoms with Gasteiger partial charge in [0.1, 0.15) is 11.3 Å². The fourth-order valence-corrected chi connectivity index (χ4v) is 6.28. The van der Waals surface area contributed by atoms with Crippen molar-refractivity contribution >= 4 is 40.2 Å². The summed E-state index contributed by atoms with van der Waals surface area (Å²) in [6.45, 7) is 12.1. The topological polar surface area (TPSA) is 50.1 Å². The first-order chi connectivity index (χ1) is 15.8. The predicted octanol–water partition coefficient (Wildman–Crippen LogP) is 5.75. The zero-order chi connectivity index (χ0) is 23.3. The molecule has 0 bridgehead atoms. The van der Waals surface area contributed by atoms with Crippen molar-refractivity contribution in [2.75, 3.05) is 24.5 Å². The highest BCUT2D eigenvalue weighted by Crippen LogP contribution is 2.33. The minimum Gasteiger partial charge on any atom is -0.355 e. The molecule has 0 amide bonds. The highest BCUT2D eigenvalue weighted by Gasteiger charge is 2.35. The van der Waals surface area contributed by atoms with Crippen LogP contribution >= 0.6 is 23.2 Å². The summed E-state index contributed by atoms with van der Waals surface area (Å²) in [5.74, 6) is 1.52. The third-order valence-corrected chi connectivity index (χ3v) is 8.12. The summed E-state index contributed by atoms with van der Waals surface area (Å²) >= 11 is 12.6. The van der Waals surface area contributed by atoms with Gasteiger partial charge >= 0.3 is 0 Å². The van der Waals surface area contributed by atoms with Crippen molar-refractivity contribution in [3.63, 3.8) is 0 Å². The number of fused-ring (bicyclic) bond motifs is 1. The van der Waals surface area contributed by atoms with Crippen LogP contribution in [0.3, 0.4) is 0 Å². The van der Waals surface area contributed by atoms with E-state index in [1.807, 2.05) is 29.9 Å². The molecular formula is C25H32Cl2N6. The van der Waals surface area contributed by atoms with E-state index in [0.717, 1.165) is 41.3 Å². The lowest BCUT2D eigenvalue weighted by atomic mass is 9.92. The van der Waals surface area contributed by atoms with Crippen LogP contribution in [-0.4, -0.2) is 56.4 Å². The number of likely N-dealkylation sites (tertiary alicyclic amines) is 1. The van der Waals surface area contributed by atoms with Crippen molar-refractivity contribution in [2.24, 2.45) is 5.92 Å². The van der Waals surface area contributed by atoms with Gasteiger partial charge in [-0.2, -0.15) is 5.10 Å². The van der Waals surface area contributed by atoms with Gasteiger partial charge in [-0.1, -0.05) is 36.2 Å². The van der Waals surface area contributed by atoms with Crippen molar-refractivity contribution in [1.82, 2.24) is 24.6 Å². The van der Waals surface area contributed by atoms with E-state index < -0.39 is 0 Å². The lowest BCUT2D eigenvalue weighted by molar-refractivity contribution is 0.122. The van der Waals surface area contributed by atoms with Crippen molar-refractivity contribution in [3.05, 3.63) is 45.7 Å². The Morgan fingerprint density at radius 1 is 1.12 bits per heavy atom. The molecule has 2 aliphatic rings. The fourth-order valence-electron chi connectivity index (χ4n) is 5.72. The highest BCUT2D eigenvalue weighted by molar-refractivity contribution is 6.35. The van der Waals surface area contributed by atoms with E-state index in [4.69, 9.17) is 38.3 Å². The fraction of sp³-hybridized carbons (Fsp3) is 0.560. The molecule has 0 radical (unpaired) electrons. The summed E-state index contributed by atoms with van der Waals surface area (Å²) in [5, 5.41) is 6.04. The van der Waals surface area contributed by atoms with Crippen LogP contribution in [0.5, 0.6) is 0 Å². The lowest BCUT2D eigenvalue weighted by Gasteiger charge is -2.43. The number of anilines is 1. The average molecular weight is 487 g/mol. The quantitative estimate of drug-likeness (QED) is 0.469. The third-order valence-electron chi connectivity index (χ3n) is 7.55. The maximum absolute atomic E-state index is 6.51. The number of nitrogens with zero attached hydrogens (tertiary/aromatic N) is 6. The number of benzene rings is 1. The Kier molecular flexibility index (Phi) is 6.27. The predicted molar refractivity (Wildman–Crippen MR) is 136 cm³/mol. The van der Waals surface area contributed by atoms with Gasteiger partial charge in [-0.05, 0) is 70.2 Å². The minimum atomic E-state index is -0.0863. The highest BCUT2D eigenvalue weighted by atomic mass is 35.5. The van der Waals surface area contributed by atoms with Crippen LogP contribution in [0.2, 0.25) is 10.0 Å². The van der Waals surface area contributed by atoms with Crippen molar-refractivity contribution < 1.29 is 0 Å². The van der Waals surface area contributed by atoms with E-state index in [2.05, 4.69) is 30.6 Å². The maximum Gasteiger partial charge on any atom is 0.179 e. The Bertz CT molecular complexity index is 1160. The van der Waals surface area contributed by atoms with Gasteiger partial charge in [0.05, 0.1) is 17.9 Å². The Morgan fingerprint density at radius 3 is 2.64 bits per heavy atom. The molecule has 5 rings (SSSR count). The molecule has 2 saturated heterocycles. The first-order valence-electron chi connectivity index (χ1n) is 12.0. The molecule has 2 fully saturated rings. The molecule has 8 heteroatoms. The average Bonchev–Trinajstić information content (AvgIpc) is 3.36. The smallest absolute Gasteiger partial charge is 0.179 e. The van der Waals surface area contributed by atoms with Gasteiger partial charge in [0.2, 0.25) is 0 Å². The van der Waals surface area contributed by atoms with Crippen LogP contribution in [0.1, 0.15) is 57.3 Å². The second kappa shape index (κ2) is 9.05. The van der Waals surface area contributed by atoms with E-state index >= 15 is 0 Å². The molecule has 4 atom stereocenters. The molecule has 1 aromatic carbocycles. The Morgan fingerprint density at radius 2 is 1.94 bits per heavy atom. The van der Waals surface area contributed by atoms with Crippen LogP contribution in [0, 0.1) is 12.8 Å².